The van der Waals surface area contributed by atoms with Crippen molar-refractivity contribution in [2.45, 2.75) is 6.54 Å². The van der Waals surface area contributed by atoms with Crippen LogP contribution in [-0.4, -0.2) is 39.4 Å². The molecule has 6 nitrogen and oxygen atoms in total. The van der Waals surface area contributed by atoms with Crippen molar-refractivity contribution in [1.29, 1.82) is 0 Å². The molecule has 118 valence electrons. The van der Waals surface area contributed by atoms with Gasteiger partial charge in [-0.05, 0) is 50.5 Å². The van der Waals surface area contributed by atoms with Crippen LogP contribution in [-0.2, 0) is 6.54 Å². The topological polar surface area (TPSA) is 69.9 Å². The number of rotatable bonds is 4. The van der Waals surface area contributed by atoms with Gasteiger partial charge in [0, 0.05) is 18.4 Å². The number of amides is 1. The second-order valence-electron chi connectivity index (χ2n) is 5.57. The van der Waals surface area contributed by atoms with Crippen LogP contribution in [0.25, 0.3) is 5.65 Å². The van der Waals surface area contributed by atoms with E-state index in [0.29, 0.717) is 17.9 Å². The first-order chi connectivity index (χ1) is 11.0. The van der Waals surface area contributed by atoms with E-state index in [1.165, 1.54) is 12.1 Å². The molecule has 0 saturated heterocycles. The second-order valence-corrected chi connectivity index (χ2v) is 5.57. The number of nitrogens with zero attached hydrogens (tertiary/aromatic N) is 3. The van der Waals surface area contributed by atoms with Gasteiger partial charge in [0.25, 0.3) is 5.91 Å². The van der Waals surface area contributed by atoms with Crippen LogP contribution in [0.1, 0.15) is 16.2 Å². The molecule has 0 unspecified atom stereocenters. The van der Waals surface area contributed by atoms with E-state index in [9.17, 15) is 9.90 Å². The number of benzene rings is 1. The van der Waals surface area contributed by atoms with Gasteiger partial charge in [-0.3, -0.25) is 4.79 Å². The minimum Gasteiger partial charge on any atom is -0.508 e. The third-order valence-electron chi connectivity index (χ3n) is 3.44. The largest absolute Gasteiger partial charge is 0.508 e. The maximum Gasteiger partial charge on any atom is 0.276 e. The number of fused-ring (bicyclic) bond motifs is 1. The van der Waals surface area contributed by atoms with Gasteiger partial charge in [-0.25, -0.2) is 4.98 Å². The molecule has 3 aromatic rings. The summed E-state index contributed by atoms with van der Waals surface area (Å²) in [5.74, 6) is -0.111. The van der Waals surface area contributed by atoms with E-state index in [0.717, 1.165) is 11.3 Å². The number of phenols is 1. The van der Waals surface area contributed by atoms with E-state index in [2.05, 4.69) is 10.3 Å². The quantitative estimate of drug-likeness (QED) is 0.726. The summed E-state index contributed by atoms with van der Waals surface area (Å²) in [6.07, 6.45) is 1.90. The SMILES string of the molecule is CN(C)Cc1c(C(=O)Nc2ccc(O)cc2)nc2ccccn12. The van der Waals surface area contributed by atoms with Gasteiger partial charge in [0.15, 0.2) is 5.69 Å². The number of nitrogens with one attached hydrogen (secondary N) is 1. The van der Waals surface area contributed by atoms with Gasteiger partial charge >= 0.3 is 0 Å². The highest BCUT2D eigenvalue weighted by Crippen LogP contribution is 2.18. The van der Waals surface area contributed by atoms with Gasteiger partial charge in [0.05, 0.1) is 5.69 Å². The van der Waals surface area contributed by atoms with Gasteiger partial charge in [-0.1, -0.05) is 6.07 Å². The molecule has 0 spiro atoms. The molecule has 2 heterocycles. The van der Waals surface area contributed by atoms with Crippen molar-refractivity contribution in [3.05, 3.63) is 60.0 Å². The Kier molecular flexibility index (Phi) is 3.99. The molecule has 2 aromatic heterocycles. The lowest BCUT2D eigenvalue weighted by Gasteiger charge is -2.11. The lowest BCUT2D eigenvalue weighted by molar-refractivity contribution is 0.102. The Labute approximate surface area is 134 Å². The lowest BCUT2D eigenvalue weighted by Crippen LogP contribution is -2.19. The lowest BCUT2D eigenvalue weighted by atomic mass is 10.2. The first-order valence-electron chi connectivity index (χ1n) is 7.25. The zero-order valence-corrected chi connectivity index (χ0v) is 13.0. The van der Waals surface area contributed by atoms with Gasteiger partial charge in [-0.2, -0.15) is 0 Å². The maximum absolute atomic E-state index is 12.6. The van der Waals surface area contributed by atoms with Crippen LogP contribution in [0.4, 0.5) is 5.69 Å². The smallest absolute Gasteiger partial charge is 0.276 e. The first kappa shape index (κ1) is 15.1. The van der Waals surface area contributed by atoms with Crippen molar-refractivity contribution in [2.75, 3.05) is 19.4 Å². The van der Waals surface area contributed by atoms with E-state index in [1.54, 1.807) is 12.1 Å². The van der Waals surface area contributed by atoms with Gasteiger partial charge in [0.2, 0.25) is 0 Å². The minimum absolute atomic E-state index is 0.157. The molecule has 0 atom stereocenters. The summed E-state index contributed by atoms with van der Waals surface area (Å²) in [6, 6.07) is 12.0. The molecule has 0 saturated carbocycles. The zero-order chi connectivity index (χ0) is 16.4. The van der Waals surface area contributed by atoms with Crippen LogP contribution in [0.15, 0.2) is 48.7 Å². The molecule has 6 heteroatoms. The van der Waals surface area contributed by atoms with Crippen molar-refractivity contribution in [1.82, 2.24) is 14.3 Å². The number of carbonyl (C=O) groups excluding carboxylic acids is 1. The van der Waals surface area contributed by atoms with Gasteiger partial charge in [0.1, 0.15) is 11.4 Å². The van der Waals surface area contributed by atoms with Crippen molar-refractivity contribution in [3.63, 3.8) is 0 Å². The number of phenolic OH excluding ortho intramolecular Hbond substituents is 1. The molecule has 0 aliphatic rings. The monoisotopic (exact) mass is 310 g/mol. The standard InChI is InChI=1S/C17H18N4O2/c1-20(2)11-14-16(19-15-5-3-4-10-21(14)15)17(23)18-12-6-8-13(22)9-7-12/h3-10,22H,11H2,1-2H3,(H,18,23). The summed E-state index contributed by atoms with van der Waals surface area (Å²) < 4.78 is 1.92. The minimum atomic E-state index is -0.267. The summed E-state index contributed by atoms with van der Waals surface area (Å²) in [5, 5.41) is 12.1. The first-order valence-corrected chi connectivity index (χ1v) is 7.25. The highest BCUT2D eigenvalue weighted by molar-refractivity contribution is 6.04. The number of anilines is 1. The number of aromatic hydroxyl groups is 1. The fourth-order valence-electron chi connectivity index (χ4n) is 2.41. The van der Waals surface area contributed by atoms with E-state index in [4.69, 9.17) is 0 Å². The van der Waals surface area contributed by atoms with Crippen LogP contribution in [0.2, 0.25) is 0 Å². The summed E-state index contributed by atoms with van der Waals surface area (Å²) in [4.78, 5) is 19.1. The fraction of sp³-hybridized carbons (Fsp3) is 0.176. The Morgan fingerprint density at radius 1 is 1.22 bits per heavy atom. The van der Waals surface area contributed by atoms with Crippen molar-refractivity contribution in [3.8, 4) is 5.75 Å². The normalized spacial score (nSPS) is 11.1. The van der Waals surface area contributed by atoms with Gasteiger partial charge in [-0.15, -0.1) is 0 Å². The van der Waals surface area contributed by atoms with Crippen LogP contribution >= 0.6 is 0 Å². The molecule has 0 fully saturated rings. The predicted molar refractivity (Wildman–Crippen MR) is 88.6 cm³/mol. The molecule has 2 N–H and O–H groups in total. The van der Waals surface area contributed by atoms with E-state index < -0.39 is 0 Å². The molecule has 23 heavy (non-hydrogen) atoms. The number of aromatic nitrogens is 2. The van der Waals surface area contributed by atoms with Crippen molar-refractivity contribution in [2.24, 2.45) is 0 Å². The second kappa shape index (κ2) is 6.10. The average Bonchev–Trinajstić information content (AvgIpc) is 2.88. The Morgan fingerprint density at radius 2 is 1.96 bits per heavy atom. The van der Waals surface area contributed by atoms with E-state index >= 15 is 0 Å². The Balaban J connectivity index is 1.97. The molecule has 0 aliphatic carbocycles. The molecule has 1 aromatic carbocycles. The highest BCUT2D eigenvalue weighted by atomic mass is 16.3. The third kappa shape index (κ3) is 3.17. The molecule has 0 aliphatic heterocycles. The maximum atomic E-state index is 12.6. The third-order valence-corrected chi connectivity index (χ3v) is 3.44. The van der Waals surface area contributed by atoms with Crippen LogP contribution < -0.4 is 5.32 Å². The summed E-state index contributed by atoms with van der Waals surface area (Å²) in [7, 11) is 3.90. The number of hydrogen-bond acceptors (Lipinski definition) is 4. The molecular weight excluding hydrogens is 292 g/mol. The number of carbonyl (C=O) groups is 1. The van der Waals surface area contributed by atoms with E-state index in [-0.39, 0.29) is 11.7 Å². The van der Waals surface area contributed by atoms with Gasteiger partial charge < -0.3 is 19.7 Å². The number of pyridine rings is 1. The fourth-order valence-corrected chi connectivity index (χ4v) is 2.41. The molecule has 1 amide bonds. The average molecular weight is 310 g/mol. The van der Waals surface area contributed by atoms with Crippen LogP contribution in [0.5, 0.6) is 5.75 Å². The summed E-state index contributed by atoms with van der Waals surface area (Å²) >= 11 is 0. The van der Waals surface area contributed by atoms with Crippen molar-refractivity contribution < 1.29 is 9.90 Å². The predicted octanol–water partition coefficient (Wildman–Crippen LogP) is 2.35. The van der Waals surface area contributed by atoms with Crippen LogP contribution in [0, 0.1) is 0 Å². The molecule has 3 rings (SSSR count). The zero-order valence-electron chi connectivity index (χ0n) is 13.0. The molecule has 0 radical (unpaired) electrons. The van der Waals surface area contributed by atoms with E-state index in [1.807, 2.05) is 47.8 Å². The summed E-state index contributed by atoms with van der Waals surface area (Å²) in [5.41, 5.74) is 2.58. The Morgan fingerprint density at radius 3 is 2.65 bits per heavy atom. The Bertz CT molecular complexity index is 837. The molecular formula is C17H18N4O2. The number of imidazole rings is 1. The van der Waals surface area contributed by atoms with Crippen LogP contribution in [0.3, 0.4) is 0 Å². The Hall–Kier alpha value is -2.86. The van der Waals surface area contributed by atoms with Crippen molar-refractivity contribution >= 4 is 17.2 Å². The highest BCUT2D eigenvalue weighted by Gasteiger charge is 2.19. The summed E-state index contributed by atoms with van der Waals surface area (Å²) in [6.45, 7) is 0.601. The molecule has 0 bridgehead atoms. The number of hydrogen-bond donors (Lipinski definition) is 2.